The molecule has 1 saturated carbocycles. The standard InChI is InChI=1S/C14H15F3O/c15-11-8-13(17)12(16)7-10(11)14(18)9-5-3-1-2-4-6-9/h7-9H,1-6H2. The molecule has 1 aliphatic carbocycles. The molecule has 0 bridgehead atoms. The van der Waals surface area contributed by atoms with Crippen molar-refractivity contribution < 1.29 is 18.0 Å². The maximum atomic E-state index is 13.5. The Labute approximate surface area is 104 Å². The van der Waals surface area contributed by atoms with Crippen molar-refractivity contribution in [3.8, 4) is 0 Å². The number of rotatable bonds is 2. The summed E-state index contributed by atoms with van der Waals surface area (Å²) < 4.78 is 39.4. The third kappa shape index (κ3) is 2.74. The van der Waals surface area contributed by atoms with Crippen LogP contribution in [0.1, 0.15) is 48.9 Å². The first kappa shape index (κ1) is 13.1. The lowest BCUT2D eigenvalue weighted by Gasteiger charge is -2.13. The second-order valence-corrected chi connectivity index (χ2v) is 4.80. The molecule has 0 radical (unpaired) electrons. The third-order valence-electron chi connectivity index (χ3n) is 3.50. The fraction of sp³-hybridized carbons (Fsp3) is 0.500. The highest BCUT2D eigenvalue weighted by molar-refractivity contribution is 5.98. The van der Waals surface area contributed by atoms with Gasteiger partial charge in [0, 0.05) is 12.0 Å². The summed E-state index contributed by atoms with van der Waals surface area (Å²) in [7, 11) is 0. The second-order valence-electron chi connectivity index (χ2n) is 4.80. The fourth-order valence-electron chi connectivity index (χ4n) is 2.47. The van der Waals surface area contributed by atoms with E-state index in [2.05, 4.69) is 0 Å². The van der Waals surface area contributed by atoms with Crippen LogP contribution in [0, 0.1) is 23.4 Å². The number of halogens is 3. The van der Waals surface area contributed by atoms with Gasteiger partial charge in [-0.15, -0.1) is 0 Å². The SMILES string of the molecule is O=C(c1cc(F)c(F)cc1F)C1CCCCCC1. The molecule has 98 valence electrons. The van der Waals surface area contributed by atoms with Crippen molar-refractivity contribution >= 4 is 5.78 Å². The number of benzene rings is 1. The molecule has 0 amide bonds. The van der Waals surface area contributed by atoms with Gasteiger partial charge in [-0.25, -0.2) is 13.2 Å². The number of hydrogen-bond donors (Lipinski definition) is 0. The Kier molecular flexibility index (Phi) is 4.04. The lowest BCUT2D eigenvalue weighted by atomic mass is 9.91. The van der Waals surface area contributed by atoms with Crippen LogP contribution in [0.4, 0.5) is 13.2 Å². The first-order valence-electron chi connectivity index (χ1n) is 6.28. The molecular formula is C14H15F3O. The van der Waals surface area contributed by atoms with Gasteiger partial charge in [-0.2, -0.15) is 0 Å². The molecule has 1 aliphatic rings. The minimum absolute atomic E-state index is 0.258. The molecule has 1 aromatic rings. The summed E-state index contributed by atoms with van der Waals surface area (Å²) in [6.07, 6.45) is 5.42. The molecule has 1 aromatic carbocycles. The zero-order chi connectivity index (χ0) is 13.1. The summed E-state index contributed by atoms with van der Waals surface area (Å²) >= 11 is 0. The monoisotopic (exact) mass is 256 g/mol. The van der Waals surface area contributed by atoms with E-state index in [9.17, 15) is 18.0 Å². The number of carbonyl (C=O) groups is 1. The molecule has 4 heteroatoms. The van der Waals surface area contributed by atoms with Crippen LogP contribution in [-0.4, -0.2) is 5.78 Å². The van der Waals surface area contributed by atoms with Gasteiger partial charge in [0.05, 0.1) is 5.56 Å². The lowest BCUT2D eigenvalue weighted by molar-refractivity contribution is 0.0903. The first-order chi connectivity index (χ1) is 8.59. The first-order valence-corrected chi connectivity index (χ1v) is 6.28. The van der Waals surface area contributed by atoms with E-state index in [0.29, 0.717) is 25.0 Å². The molecule has 0 aromatic heterocycles. The maximum Gasteiger partial charge on any atom is 0.168 e. The van der Waals surface area contributed by atoms with E-state index >= 15 is 0 Å². The molecule has 0 N–H and O–H groups in total. The van der Waals surface area contributed by atoms with Crippen LogP contribution in [0.3, 0.4) is 0 Å². The van der Waals surface area contributed by atoms with Crippen LogP contribution < -0.4 is 0 Å². The molecule has 1 fully saturated rings. The lowest BCUT2D eigenvalue weighted by Crippen LogP contribution is -2.16. The van der Waals surface area contributed by atoms with Crippen LogP contribution in [0.5, 0.6) is 0 Å². The van der Waals surface area contributed by atoms with Crippen LogP contribution in [0.25, 0.3) is 0 Å². The van der Waals surface area contributed by atoms with Crippen molar-refractivity contribution in [3.05, 3.63) is 35.1 Å². The normalized spacial score (nSPS) is 17.5. The highest BCUT2D eigenvalue weighted by atomic mass is 19.2. The number of hydrogen-bond acceptors (Lipinski definition) is 1. The average Bonchev–Trinajstić information content (AvgIpc) is 2.61. The molecule has 18 heavy (non-hydrogen) atoms. The Bertz CT molecular complexity index is 449. The summed E-state index contributed by atoms with van der Waals surface area (Å²) in [6, 6.07) is 1.12. The Morgan fingerprint density at radius 1 is 0.889 bits per heavy atom. The van der Waals surface area contributed by atoms with Crippen molar-refractivity contribution in [2.75, 3.05) is 0 Å². The Hall–Kier alpha value is -1.32. The largest absolute Gasteiger partial charge is 0.294 e. The molecular weight excluding hydrogens is 241 g/mol. The van der Waals surface area contributed by atoms with Gasteiger partial charge in [-0.1, -0.05) is 25.7 Å². The zero-order valence-corrected chi connectivity index (χ0v) is 10.0. The predicted molar refractivity (Wildman–Crippen MR) is 61.8 cm³/mol. The average molecular weight is 256 g/mol. The number of carbonyl (C=O) groups excluding carboxylic acids is 1. The van der Waals surface area contributed by atoms with Gasteiger partial charge in [-0.05, 0) is 18.9 Å². The van der Waals surface area contributed by atoms with Gasteiger partial charge in [0.1, 0.15) is 5.82 Å². The maximum absolute atomic E-state index is 13.5. The van der Waals surface area contributed by atoms with Crippen molar-refractivity contribution in [1.82, 2.24) is 0 Å². The van der Waals surface area contributed by atoms with E-state index < -0.39 is 23.2 Å². The van der Waals surface area contributed by atoms with Gasteiger partial charge in [0.15, 0.2) is 17.4 Å². The van der Waals surface area contributed by atoms with Gasteiger partial charge in [-0.3, -0.25) is 4.79 Å². The highest BCUT2D eigenvalue weighted by Gasteiger charge is 2.25. The predicted octanol–water partition coefficient (Wildman–Crippen LogP) is 4.26. The van der Waals surface area contributed by atoms with E-state index in [1.165, 1.54) is 0 Å². The van der Waals surface area contributed by atoms with Gasteiger partial charge < -0.3 is 0 Å². The van der Waals surface area contributed by atoms with Crippen LogP contribution in [0.2, 0.25) is 0 Å². The van der Waals surface area contributed by atoms with Crippen LogP contribution in [0.15, 0.2) is 12.1 Å². The Balaban J connectivity index is 2.24. The van der Waals surface area contributed by atoms with E-state index in [4.69, 9.17) is 0 Å². The second kappa shape index (κ2) is 5.55. The summed E-state index contributed by atoms with van der Waals surface area (Å²) in [5.74, 6) is -4.05. The summed E-state index contributed by atoms with van der Waals surface area (Å²) in [4.78, 5) is 12.1. The number of ketones is 1. The minimum Gasteiger partial charge on any atom is -0.294 e. The van der Waals surface area contributed by atoms with Gasteiger partial charge >= 0.3 is 0 Å². The topological polar surface area (TPSA) is 17.1 Å². The van der Waals surface area contributed by atoms with Crippen LogP contribution >= 0.6 is 0 Å². The summed E-state index contributed by atoms with van der Waals surface area (Å²) in [5.41, 5.74) is -0.319. The van der Waals surface area contributed by atoms with Crippen molar-refractivity contribution in [2.24, 2.45) is 5.92 Å². The smallest absolute Gasteiger partial charge is 0.168 e. The van der Waals surface area contributed by atoms with E-state index in [-0.39, 0.29) is 11.5 Å². The van der Waals surface area contributed by atoms with E-state index in [1.54, 1.807) is 0 Å². The summed E-state index contributed by atoms with van der Waals surface area (Å²) in [5, 5.41) is 0. The fourth-order valence-corrected chi connectivity index (χ4v) is 2.47. The Morgan fingerprint density at radius 3 is 2.06 bits per heavy atom. The molecule has 0 heterocycles. The van der Waals surface area contributed by atoms with Crippen molar-refractivity contribution in [3.63, 3.8) is 0 Å². The quantitative estimate of drug-likeness (QED) is 0.439. The molecule has 0 spiro atoms. The molecule has 0 aliphatic heterocycles. The van der Waals surface area contributed by atoms with Gasteiger partial charge in [0.2, 0.25) is 0 Å². The molecule has 0 atom stereocenters. The van der Waals surface area contributed by atoms with Crippen molar-refractivity contribution in [1.29, 1.82) is 0 Å². The third-order valence-corrected chi connectivity index (χ3v) is 3.50. The zero-order valence-electron chi connectivity index (χ0n) is 10.0. The number of Topliss-reactive ketones (excluding diaryl/α,β-unsaturated/α-hetero) is 1. The van der Waals surface area contributed by atoms with E-state index in [0.717, 1.165) is 25.7 Å². The Morgan fingerprint density at radius 2 is 1.44 bits per heavy atom. The van der Waals surface area contributed by atoms with E-state index in [1.807, 2.05) is 0 Å². The van der Waals surface area contributed by atoms with Crippen molar-refractivity contribution in [2.45, 2.75) is 38.5 Å². The van der Waals surface area contributed by atoms with Crippen LogP contribution in [-0.2, 0) is 0 Å². The summed E-state index contributed by atoms with van der Waals surface area (Å²) in [6.45, 7) is 0. The molecule has 2 rings (SSSR count). The minimum atomic E-state index is -1.26. The highest BCUT2D eigenvalue weighted by Crippen LogP contribution is 2.27. The molecule has 0 unspecified atom stereocenters. The van der Waals surface area contributed by atoms with Gasteiger partial charge in [0.25, 0.3) is 0 Å². The molecule has 0 saturated heterocycles. The molecule has 1 nitrogen and oxygen atoms in total.